The zero-order valence-corrected chi connectivity index (χ0v) is 48.1. The predicted molar refractivity (Wildman–Crippen MR) is 324 cm³/mol. The summed E-state index contributed by atoms with van der Waals surface area (Å²) in [6.45, 7) is 6.32. The molecule has 7 aromatic rings. The van der Waals surface area contributed by atoms with E-state index in [0.29, 0.717) is 42.4 Å². The summed E-state index contributed by atoms with van der Waals surface area (Å²) in [7, 11) is 0. The van der Waals surface area contributed by atoms with Crippen molar-refractivity contribution in [3.63, 3.8) is 0 Å². The van der Waals surface area contributed by atoms with Crippen molar-refractivity contribution >= 4 is 35.3 Å². The fourth-order valence-electron chi connectivity index (χ4n) is 8.87. The molecule has 0 heterocycles. The number of rotatable bonds is 36. The van der Waals surface area contributed by atoms with E-state index in [2.05, 4.69) is 36.2 Å². The normalized spacial score (nSPS) is 11.0. The van der Waals surface area contributed by atoms with E-state index in [1.165, 1.54) is 130 Å². The van der Waals surface area contributed by atoms with Gasteiger partial charge in [-0.3, -0.25) is 0 Å². The van der Waals surface area contributed by atoms with Crippen LogP contribution in [-0.4, -0.2) is 43.7 Å². The number of nitrogens with zero attached hydrogens (tertiary/aromatic N) is 2. The van der Waals surface area contributed by atoms with Gasteiger partial charge in [-0.1, -0.05) is 122 Å². The second kappa shape index (κ2) is 35.3. The van der Waals surface area contributed by atoms with Gasteiger partial charge in [-0.05, 0) is 189 Å². The van der Waals surface area contributed by atoms with Crippen LogP contribution in [0.3, 0.4) is 0 Å². The summed E-state index contributed by atoms with van der Waals surface area (Å²) in [6.07, 6.45) is 22.3. The third-order valence-electron chi connectivity index (χ3n) is 13.7. The van der Waals surface area contributed by atoms with Gasteiger partial charge in [0.05, 0.1) is 53.4 Å². The van der Waals surface area contributed by atoms with Gasteiger partial charge in [0.15, 0.2) is 0 Å². The molecule has 0 atom stereocenters. The van der Waals surface area contributed by atoms with E-state index < -0.39 is 23.9 Å². The minimum Gasteiger partial charge on any atom is -0.494 e. The van der Waals surface area contributed by atoms with Gasteiger partial charge in [0.2, 0.25) is 0 Å². The Morgan fingerprint density at radius 2 is 0.614 bits per heavy atom. The zero-order valence-electron chi connectivity index (χ0n) is 48.1. The molecule has 0 unspecified atom stereocenters. The molecule has 0 aliphatic rings. The first kappa shape index (κ1) is 62.0. The highest BCUT2D eigenvalue weighted by atomic mass is 16.6. The minimum atomic E-state index is -0.691. The first-order chi connectivity index (χ1) is 40.7. The van der Waals surface area contributed by atoms with Gasteiger partial charge in [-0.15, -0.1) is 0 Å². The number of hydrogen-bond acceptors (Lipinski definition) is 13. The Kier molecular flexibility index (Phi) is 26.4. The Morgan fingerprint density at radius 1 is 0.301 bits per heavy atom. The van der Waals surface area contributed by atoms with Gasteiger partial charge < -0.3 is 33.2 Å². The van der Waals surface area contributed by atoms with Crippen molar-refractivity contribution < 1.29 is 52.3 Å². The van der Waals surface area contributed by atoms with Crippen LogP contribution in [0, 0.1) is 0 Å². The maximum atomic E-state index is 13.1. The molecule has 0 aliphatic heterocycles. The van der Waals surface area contributed by atoms with Crippen LogP contribution in [0.1, 0.15) is 176 Å². The van der Waals surface area contributed by atoms with Crippen LogP contribution in [0.15, 0.2) is 180 Å². The van der Waals surface area contributed by atoms with E-state index in [1.54, 1.807) is 60.7 Å². The summed E-state index contributed by atoms with van der Waals surface area (Å²) in [4.78, 5) is 51.9. The lowest BCUT2D eigenvalue weighted by Gasteiger charge is -2.09. The SMILES string of the molecule is CCCCCCCCCCCCOc1ccc(C(=O)Oc2ccc(C(=O)Oc3cccc(C(=O)Oc4ccc(OC(=O)c5ccc(OCCCCCCCCOc6ccc(N=Nc7ccc(CCCC)cc7)cc6)cc5)cc4)c3)cc2)cc1. The number of unbranched alkanes of at least 4 members (excludes halogenated alkanes) is 15. The van der Waals surface area contributed by atoms with Gasteiger partial charge in [0.25, 0.3) is 0 Å². The number of benzene rings is 7. The fourth-order valence-corrected chi connectivity index (χ4v) is 8.87. The molecule has 0 amide bonds. The summed E-state index contributed by atoms with van der Waals surface area (Å²) < 4.78 is 39.9. The molecule has 0 radical (unpaired) electrons. The highest BCUT2D eigenvalue weighted by Gasteiger charge is 2.16. The molecule has 0 aliphatic carbocycles. The molecule has 434 valence electrons. The van der Waals surface area contributed by atoms with Crippen LogP contribution in [0.2, 0.25) is 0 Å². The lowest BCUT2D eigenvalue weighted by Crippen LogP contribution is -2.12. The molecule has 0 bridgehead atoms. The average Bonchev–Trinajstić information content (AvgIpc) is 3.55. The molecule has 0 spiro atoms. The second-order valence-corrected chi connectivity index (χ2v) is 20.4. The molecule has 0 N–H and O–H groups in total. The standard InChI is InChI=1S/C70H78N2O11/c1-3-5-7-8-9-10-11-12-15-18-49-77-60-37-27-54(28-38-60)67(73)80-63-41-31-56(32-42-63)69(75)83-66-24-21-23-57(52-66)70(76)82-65-47-45-64(46-48-65)81-68(74)55-29-39-61(40-30-55)78-50-19-16-13-14-17-20-51-79-62-43-35-59(36-44-62)72-71-58-33-25-53(26-34-58)22-6-4-2/h21,23-48,52H,3-20,22,49-51H2,1-2H3. The smallest absolute Gasteiger partial charge is 0.343 e. The first-order valence-corrected chi connectivity index (χ1v) is 29.6. The number of hydrogen-bond donors (Lipinski definition) is 0. The van der Waals surface area contributed by atoms with Gasteiger partial charge >= 0.3 is 23.9 Å². The summed E-state index contributed by atoms with van der Waals surface area (Å²) in [5, 5.41) is 8.72. The number of azo groups is 1. The Hall–Kier alpha value is -8.58. The van der Waals surface area contributed by atoms with Gasteiger partial charge in [-0.2, -0.15) is 10.2 Å². The molecular weight excluding hydrogens is 1040 g/mol. The maximum Gasteiger partial charge on any atom is 0.343 e. The number of esters is 4. The lowest BCUT2D eigenvalue weighted by molar-refractivity contribution is 0.0713. The molecule has 0 saturated heterocycles. The molecule has 0 fully saturated rings. The monoisotopic (exact) mass is 1120 g/mol. The van der Waals surface area contributed by atoms with E-state index in [1.807, 2.05) is 36.4 Å². The van der Waals surface area contributed by atoms with Crippen molar-refractivity contribution in [3.05, 3.63) is 198 Å². The van der Waals surface area contributed by atoms with Crippen LogP contribution < -0.4 is 33.2 Å². The number of ether oxygens (including phenoxy) is 7. The van der Waals surface area contributed by atoms with Gasteiger partial charge in [0, 0.05) is 0 Å². The first-order valence-electron chi connectivity index (χ1n) is 29.6. The summed E-state index contributed by atoms with van der Waals surface area (Å²) >= 11 is 0. The lowest BCUT2D eigenvalue weighted by atomic mass is 10.1. The molecule has 0 aromatic heterocycles. The summed E-state index contributed by atoms with van der Waals surface area (Å²) in [5.41, 5.74) is 4.02. The van der Waals surface area contributed by atoms with E-state index >= 15 is 0 Å². The van der Waals surface area contributed by atoms with Gasteiger partial charge in [-0.25, -0.2) is 19.2 Å². The Balaban J connectivity index is 0.723. The Morgan fingerprint density at radius 3 is 1.01 bits per heavy atom. The molecule has 83 heavy (non-hydrogen) atoms. The number of carbonyl (C=O) groups is 4. The number of carbonyl (C=O) groups excluding carboxylic acids is 4. The van der Waals surface area contributed by atoms with Crippen LogP contribution in [-0.2, 0) is 6.42 Å². The zero-order chi connectivity index (χ0) is 58.1. The van der Waals surface area contributed by atoms with Crippen molar-refractivity contribution in [2.75, 3.05) is 19.8 Å². The van der Waals surface area contributed by atoms with Crippen molar-refractivity contribution in [1.82, 2.24) is 0 Å². The third kappa shape index (κ3) is 22.7. The van der Waals surface area contributed by atoms with Gasteiger partial charge in [0.1, 0.15) is 40.2 Å². The molecule has 13 nitrogen and oxygen atoms in total. The second-order valence-electron chi connectivity index (χ2n) is 20.4. The maximum absolute atomic E-state index is 13.1. The Labute approximate surface area is 489 Å². The molecular formula is C70H78N2O11. The van der Waals surface area contributed by atoms with Crippen molar-refractivity contribution in [2.45, 2.75) is 136 Å². The van der Waals surface area contributed by atoms with Crippen LogP contribution in [0.5, 0.6) is 40.2 Å². The Bertz CT molecular complexity index is 3070. The molecule has 0 saturated carbocycles. The van der Waals surface area contributed by atoms with E-state index in [4.69, 9.17) is 33.2 Å². The van der Waals surface area contributed by atoms with Crippen molar-refractivity contribution in [1.29, 1.82) is 0 Å². The fraction of sp³-hybridized carbons (Fsp3) is 0.343. The molecule has 13 heteroatoms. The quantitative estimate of drug-likeness (QED) is 0.0159. The molecule has 7 aromatic carbocycles. The largest absolute Gasteiger partial charge is 0.494 e. The van der Waals surface area contributed by atoms with E-state index in [-0.39, 0.29) is 34.1 Å². The average molecular weight is 1120 g/mol. The van der Waals surface area contributed by atoms with E-state index in [0.717, 1.165) is 74.9 Å². The summed E-state index contributed by atoms with van der Waals surface area (Å²) in [6, 6.07) is 47.7. The minimum absolute atomic E-state index is 0.122. The van der Waals surface area contributed by atoms with Crippen LogP contribution in [0.25, 0.3) is 0 Å². The van der Waals surface area contributed by atoms with Crippen molar-refractivity contribution in [2.24, 2.45) is 10.2 Å². The molecule has 7 rings (SSSR count). The van der Waals surface area contributed by atoms with Crippen LogP contribution >= 0.6 is 0 Å². The number of aryl methyl sites for hydroxylation is 1. The third-order valence-corrected chi connectivity index (χ3v) is 13.7. The predicted octanol–water partition coefficient (Wildman–Crippen LogP) is 18.4. The van der Waals surface area contributed by atoms with Crippen LogP contribution in [0.4, 0.5) is 11.4 Å². The topological polar surface area (TPSA) is 158 Å². The highest BCUT2D eigenvalue weighted by molar-refractivity contribution is 5.94. The highest BCUT2D eigenvalue weighted by Crippen LogP contribution is 2.26. The van der Waals surface area contributed by atoms with E-state index in [9.17, 15) is 19.2 Å². The van der Waals surface area contributed by atoms with Crippen molar-refractivity contribution in [3.8, 4) is 40.2 Å². The summed E-state index contributed by atoms with van der Waals surface area (Å²) in [5.74, 6) is 0.574.